The van der Waals surface area contributed by atoms with E-state index in [1.807, 2.05) is 44.1 Å². The van der Waals surface area contributed by atoms with Crippen LogP contribution in [0.4, 0.5) is 5.82 Å². The number of aryl methyl sites for hydroxylation is 1. The van der Waals surface area contributed by atoms with Gasteiger partial charge < -0.3 is 4.90 Å². The van der Waals surface area contributed by atoms with Gasteiger partial charge in [-0.05, 0) is 24.6 Å². The van der Waals surface area contributed by atoms with Crippen molar-refractivity contribution in [2.24, 2.45) is 4.99 Å². The van der Waals surface area contributed by atoms with E-state index in [1.165, 1.54) is 5.56 Å². The second-order valence-electron chi connectivity index (χ2n) is 3.93. The van der Waals surface area contributed by atoms with Crippen LogP contribution in [-0.2, 0) is 0 Å². The SMILES string of the molecule is Cc1ccc2c(N=CN(C)C)ncnc2c1. The first-order chi connectivity index (χ1) is 7.66. The molecule has 1 aromatic carbocycles. The maximum atomic E-state index is 4.31. The maximum absolute atomic E-state index is 4.31. The molecule has 4 heteroatoms. The largest absolute Gasteiger partial charge is 0.369 e. The van der Waals surface area contributed by atoms with Gasteiger partial charge in [-0.2, -0.15) is 0 Å². The molecule has 0 aliphatic heterocycles. The molecule has 1 heterocycles. The zero-order valence-corrected chi connectivity index (χ0v) is 9.68. The van der Waals surface area contributed by atoms with Crippen molar-refractivity contribution in [3.8, 4) is 0 Å². The van der Waals surface area contributed by atoms with E-state index in [9.17, 15) is 0 Å². The second kappa shape index (κ2) is 4.26. The Morgan fingerprint density at radius 2 is 2.06 bits per heavy atom. The molecule has 4 nitrogen and oxygen atoms in total. The Kier molecular flexibility index (Phi) is 2.81. The molecule has 1 aromatic heterocycles. The average molecular weight is 214 g/mol. The summed E-state index contributed by atoms with van der Waals surface area (Å²) in [4.78, 5) is 14.6. The Bertz CT molecular complexity index is 532. The van der Waals surface area contributed by atoms with Crippen molar-refractivity contribution in [2.75, 3.05) is 14.1 Å². The fourth-order valence-electron chi connectivity index (χ4n) is 1.43. The highest BCUT2D eigenvalue weighted by atomic mass is 15.1. The fraction of sp³-hybridized carbons (Fsp3) is 0.250. The van der Waals surface area contributed by atoms with Gasteiger partial charge in [-0.15, -0.1) is 0 Å². The highest BCUT2D eigenvalue weighted by Gasteiger charge is 2.01. The Morgan fingerprint density at radius 3 is 2.81 bits per heavy atom. The molecule has 0 spiro atoms. The fourth-order valence-corrected chi connectivity index (χ4v) is 1.43. The maximum Gasteiger partial charge on any atom is 0.164 e. The highest BCUT2D eigenvalue weighted by molar-refractivity contribution is 5.89. The minimum absolute atomic E-state index is 0.707. The summed E-state index contributed by atoms with van der Waals surface area (Å²) in [5.41, 5.74) is 2.12. The van der Waals surface area contributed by atoms with Gasteiger partial charge in [0.05, 0.1) is 11.9 Å². The standard InChI is InChI=1S/C12H14N4/c1-9-4-5-10-11(6-9)13-7-14-12(10)15-8-16(2)3/h4-8H,1-3H3. The number of hydrogen-bond acceptors (Lipinski definition) is 3. The van der Waals surface area contributed by atoms with E-state index in [1.54, 1.807) is 12.7 Å². The molecule has 0 unspecified atom stereocenters. The van der Waals surface area contributed by atoms with Crippen LogP contribution in [0.25, 0.3) is 10.9 Å². The first-order valence-electron chi connectivity index (χ1n) is 5.09. The first-order valence-corrected chi connectivity index (χ1v) is 5.09. The third-order valence-electron chi connectivity index (χ3n) is 2.18. The van der Waals surface area contributed by atoms with Gasteiger partial charge in [0.15, 0.2) is 5.82 Å². The van der Waals surface area contributed by atoms with E-state index in [-0.39, 0.29) is 0 Å². The van der Waals surface area contributed by atoms with E-state index in [0.29, 0.717) is 5.82 Å². The lowest BCUT2D eigenvalue weighted by atomic mass is 10.2. The molecule has 0 aliphatic carbocycles. The molecule has 0 saturated heterocycles. The minimum Gasteiger partial charge on any atom is -0.369 e. The quantitative estimate of drug-likeness (QED) is 0.568. The van der Waals surface area contributed by atoms with E-state index in [4.69, 9.17) is 0 Å². The van der Waals surface area contributed by atoms with Crippen molar-refractivity contribution in [3.05, 3.63) is 30.1 Å². The number of aromatic nitrogens is 2. The summed E-state index contributed by atoms with van der Waals surface area (Å²) in [7, 11) is 3.86. The normalized spacial score (nSPS) is 11.2. The Morgan fingerprint density at radius 1 is 1.25 bits per heavy atom. The lowest BCUT2D eigenvalue weighted by molar-refractivity contribution is 0.643. The van der Waals surface area contributed by atoms with Gasteiger partial charge in [-0.1, -0.05) is 6.07 Å². The minimum atomic E-state index is 0.707. The third kappa shape index (κ3) is 2.16. The van der Waals surface area contributed by atoms with E-state index >= 15 is 0 Å². The summed E-state index contributed by atoms with van der Waals surface area (Å²) in [6.07, 6.45) is 3.28. The van der Waals surface area contributed by atoms with Crippen molar-refractivity contribution in [3.63, 3.8) is 0 Å². The average Bonchev–Trinajstić information content (AvgIpc) is 2.25. The van der Waals surface area contributed by atoms with Crippen LogP contribution in [0.1, 0.15) is 5.56 Å². The zero-order valence-electron chi connectivity index (χ0n) is 9.68. The summed E-state index contributed by atoms with van der Waals surface area (Å²) in [6, 6.07) is 6.08. The summed E-state index contributed by atoms with van der Waals surface area (Å²) in [5.74, 6) is 0.707. The van der Waals surface area contributed by atoms with Gasteiger partial charge in [0.1, 0.15) is 6.33 Å². The van der Waals surface area contributed by atoms with Crippen molar-refractivity contribution >= 4 is 23.1 Å². The van der Waals surface area contributed by atoms with Crippen molar-refractivity contribution in [1.29, 1.82) is 0 Å². The smallest absolute Gasteiger partial charge is 0.164 e. The second-order valence-corrected chi connectivity index (χ2v) is 3.93. The molecule has 0 amide bonds. The highest BCUT2D eigenvalue weighted by Crippen LogP contribution is 2.21. The summed E-state index contributed by atoms with van der Waals surface area (Å²) >= 11 is 0. The molecule has 0 bridgehead atoms. The third-order valence-corrected chi connectivity index (χ3v) is 2.18. The Balaban J connectivity index is 2.54. The number of nitrogens with zero attached hydrogens (tertiary/aromatic N) is 4. The summed E-state index contributed by atoms with van der Waals surface area (Å²) < 4.78 is 0. The number of benzene rings is 1. The van der Waals surface area contributed by atoms with E-state index < -0.39 is 0 Å². The van der Waals surface area contributed by atoms with Crippen molar-refractivity contribution in [1.82, 2.24) is 14.9 Å². The molecule has 0 aliphatic rings. The summed E-state index contributed by atoms with van der Waals surface area (Å²) in [6.45, 7) is 2.05. The molecule has 0 atom stereocenters. The summed E-state index contributed by atoms with van der Waals surface area (Å²) in [5, 5.41) is 0.978. The Hall–Kier alpha value is -1.97. The molecular formula is C12H14N4. The predicted molar refractivity (Wildman–Crippen MR) is 66.1 cm³/mol. The van der Waals surface area contributed by atoms with Crippen LogP contribution >= 0.6 is 0 Å². The molecular weight excluding hydrogens is 200 g/mol. The van der Waals surface area contributed by atoms with Crippen LogP contribution in [0, 0.1) is 6.92 Å². The van der Waals surface area contributed by atoms with Crippen LogP contribution in [0.5, 0.6) is 0 Å². The van der Waals surface area contributed by atoms with Crippen molar-refractivity contribution in [2.45, 2.75) is 6.92 Å². The van der Waals surface area contributed by atoms with Gasteiger partial charge >= 0.3 is 0 Å². The van der Waals surface area contributed by atoms with Gasteiger partial charge in [0, 0.05) is 19.5 Å². The lowest BCUT2D eigenvalue weighted by Gasteiger charge is -2.04. The molecule has 2 rings (SSSR count). The van der Waals surface area contributed by atoms with Gasteiger partial charge in [0.25, 0.3) is 0 Å². The lowest BCUT2D eigenvalue weighted by Crippen LogP contribution is -2.07. The molecule has 82 valence electrons. The number of rotatable bonds is 2. The molecule has 0 saturated carbocycles. The van der Waals surface area contributed by atoms with Crippen LogP contribution in [0.3, 0.4) is 0 Å². The Labute approximate surface area is 94.7 Å². The van der Waals surface area contributed by atoms with Crippen LogP contribution in [-0.4, -0.2) is 35.3 Å². The van der Waals surface area contributed by atoms with Gasteiger partial charge in [-0.3, -0.25) is 0 Å². The first kappa shape index (κ1) is 10.5. The molecule has 16 heavy (non-hydrogen) atoms. The monoisotopic (exact) mass is 214 g/mol. The number of fused-ring (bicyclic) bond motifs is 1. The van der Waals surface area contributed by atoms with Gasteiger partial charge in [0.2, 0.25) is 0 Å². The number of hydrogen-bond donors (Lipinski definition) is 0. The molecule has 2 aromatic rings. The molecule has 0 radical (unpaired) electrons. The zero-order chi connectivity index (χ0) is 11.5. The molecule has 0 N–H and O–H groups in total. The number of aliphatic imine (C=N–C) groups is 1. The van der Waals surface area contributed by atoms with Crippen molar-refractivity contribution < 1.29 is 0 Å². The topological polar surface area (TPSA) is 41.4 Å². The van der Waals surface area contributed by atoms with Crippen LogP contribution in [0.15, 0.2) is 29.5 Å². The van der Waals surface area contributed by atoms with E-state index in [0.717, 1.165) is 10.9 Å². The van der Waals surface area contributed by atoms with Crippen LogP contribution in [0.2, 0.25) is 0 Å². The van der Waals surface area contributed by atoms with Gasteiger partial charge in [-0.25, -0.2) is 15.0 Å². The van der Waals surface area contributed by atoms with Crippen LogP contribution < -0.4 is 0 Å². The molecule has 0 fully saturated rings. The van der Waals surface area contributed by atoms with E-state index in [2.05, 4.69) is 15.0 Å². The predicted octanol–water partition coefficient (Wildman–Crippen LogP) is 2.16.